The van der Waals surface area contributed by atoms with Gasteiger partial charge in [-0.1, -0.05) is 23.7 Å². The van der Waals surface area contributed by atoms with Crippen LogP contribution in [0.4, 0.5) is 0 Å². The number of benzene rings is 2. The van der Waals surface area contributed by atoms with E-state index >= 15 is 0 Å². The van der Waals surface area contributed by atoms with Crippen LogP contribution in [-0.2, 0) is 16.6 Å². The molecule has 30 heavy (non-hydrogen) atoms. The van der Waals surface area contributed by atoms with Gasteiger partial charge in [0.15, 0.2) is 11.5 Å². The zero-order chi connectivity index (χ0) is 21.1. The number of nitrogens with one attached hydrogen (secondary N) is 1. The van der Waals surface area contributed by atoms with Gasteiger partial charge >= 0.3 is 0 Å². The first-order chi connectivity index (χ1) is 14.4. The average molecular weight is 448 g/mol. The number of aromatic nitrogens is 2. The summed E-state index contributed by atoms with van der Waals surface area (Å²) in [6, 6.07) is 14.5. The smallest absolute Gasteiger partial charge is 0.266 e. The van der Waals surface area contributed by atoms with E-state index in [-0.39, 0.29) is 23.5 Å². The number of hydrogen-bond donors (Lipinski definition) is 1. The molecule has 1 aliphatic rings. The van der Waals surface area contributed by atoms with Crippen LogP contribution in [0.15, 0.2) is 64.3 Å². The lowest BCUT2D eigenvalue weighted by Gasteiger charge is -2.19. The Morgan fingerprint density at radius 3 is 2.50 bits per heavy atom. The van der Waals surface area contributed by atoms with Gasteiger partial charge in [0.25, 0.3) is 5.56 Å². The number of hydrogen-bond acceptors (Lipinski definition) is 6. The fourth-order valence-corrected chi connectivity index (χ4v) is 4.11. The van der Waals surface area contributed by atoms with Crippen molar-refractivity contribution in [1.82, 2.24) is 14.5 Å². The van der Waals surface area contributed by atoms with E-state index < -0.39 is 10.0 Å². The second-order valence-electron chi connectivity index (χ2n) is 6.49. The molecule has 0 unspecified atom stereocenters. The molecule has 4 rings (SSSR count). The van der Waals surface area contributed by atoms with E-state index in [0.717, 1.165) is 5.56 Å². The monoisotopic (exact) mass is 447 g/mol. The van der Waals surface area contributed by atoms with Gasteiger partial charge in [-0.15, -0.1) is 0 Å². The first kappa shape index (κ1) is 20.4. The van der Waals surface area contributed by atoms with Gasteiger partial charge in [-0.05, 0) is 30.3 Å². The highest BCUT2D eigenvalue weighted by atomic mass is 35.5. The number of ether oxygens (including phenoxy) is 2. The summed E-state index contributed by atoms with van der Waals surface area (Å²) >= 11 is 5.90. The fourth-order valence-electron chi connectivity index (χ4n) is 2.94. The quantitative estimate of drug-likeness (QED) is 0.622. The molecule has 8 nitrogen and oxygen atoms in total. The lowest BCUT2D eigenvalue weighted by Crippen LogP contribution is -2.32. The topological polar surface area (TPSA) is 99.5 Å². The van der Waals surface area contributed by atoms with E-state index in [2.05, 4.69) is 9.82 Å². The predicted octanol–water partition coefficient (Wildman–Crippen LogP) is 2.31. The van der Waals surface area contributed by atoms with Gasteiger partial charge in [0.05, 0.1) is 17.1 Å². The zero-order valence-corrected chi connectivity index (χ0v) is 17.3. The van der Waals surface area contributed by atoms with Crippen molar-refractivity contribution in [2.24, 2.45) is 0 Å². The first-order valence-corrected chi connectivity index (χ1v) is 11.0. The third kappa shape index (κ3) is 4.48. The molecule has 156 valence electrons. The molecule has 0 radical (unpaired) electrons. The Hall–Kier alpha value is -2.88. The van der Waals surface area contributed by atoms with Gasteiger partial charge < -0.3 is 9.47 Å². The Morgan fingerprint density at radius 2 is 1.73 bits per heavy atom. The molecule has 1 N–H and O–H groups in total. The normalized spacial score (nSPS) is 13.2. The van der Waals surface area contributed by atoms with Crippen LogP contribution in [0, 0.1) is 0 Å². The van der Waals surface area contributed by atoms with Crippen LogP contribution in [0.1, 0.15) is 0 Å². The predicted molar refractivity (Wildman–Crippen MR) is 112 cm³/mol. The van der Waals surface area contributed by atoms with Crippen LogP contribution in [0.2, 0.25) is 5.02 Å². The number of fused-ring (bicyclic) bond motifs is 1. The van der Waals surface area contributed by atoms with Crippen LogP contribution in [-0.4, -0.2) is 38.0 Å². The Bertz CT molecular complexity index is 1230. The number of nitrogens with zero attached hydrogens (tertiary/aromatic N) is 2. The highest BCUT2D eigenvalue weighted by Crippen LogP contribution is 2.32. The highest BCUT2D eigenvalue weighted by Gasteiger charge is 2.19. The van der Waals surface area contributed by atoms with Gasteiger partial charge in [-0.25, -0.2) is 17.8 Å². The van der Waals surface area contributed by atoms with E-state index in [1.165, 1.54) is 22.9 Å². The van der Waals surface area contributed by atoms with Gasteiger partial charge in [0.1, 0.15) is 13.2 Å². The van der Waals surface area contributed by atoms with Crippen molar-refractivity contribution in [3.05, 3.63) is 70.0 Å². The van der Waals surface area contributed by atoms with E-state index in [0.29, 0.717) is 35.4 Å². The summed E-state index contributed by atoms with van der Waals surface area (Å²) < 4.78 is 39.7. The molecule has 10 heteroatoms. The minimum atomic E-state index is -3.79. The Kier molecular flexibility index (Phi) is 5.76. The van der Waals surface area contributed by atoms with Gasteiger partial charge in [-0.2, -0.15) is 5.10 Å². The lowest BCUT2D eigenvalue weighted by atomic mass is 10.1. The largest absolute Gasteiger partial charge is 0.486 e. The standard InChI is InChI=1S/C20H18ClN3O5S/c21-15-3-1-14(2-4-15)17-6-8-20(25)24(23-17)10-9-22-30(26,27)16-5-7-18-19(13-16)29-12-11-28-18/h1-8,13,22H,9-12H2. The molecule has 0 fully saturated rings. The van der Waals surface area contributed by atoms with Crippen LogP contribution in [0.5, 0.6) is 11.5 Å². The Labute approximate surface area is 178 Å². The van der Waals surface area contributed by atoms with E-state index in [1.54, 1.807) is 36.4 Å². The summed E-state index contributed by atoms with van der Waals surface area (Å²) in [4.78, 5) is 12.2. The van der Waals surface area contributed by atoms with Crippen LogP contribution in [0.3, 0.4) is 0 Å². The second kappa shape index (κ2) is 8.47. The SMILES string of the molecule is O=c1ccc(-c2ccc(Cl)cc2)nn1CCNS(=O)(=O)c1ccc2c(c1)OCCO2. The average Bonchev–Trinajstić information content (AvgIpc) is 2.75. The summed E-state index contributed by atoms with van der Waals surface area (Å²) in [5.41, 5.74) is 1.05. The van der Waals surface area contributed by atoms with Crippen molar-refractivity contribution >= 4 is 21.6 Å². The molecular weight excluding hydrogens is 430 g/mol. The van der Waals surface area contributed by atoms with Gasteiger partial charge in [-0.3, -0.25) is 4.79 Å². The molecule has 0 amide bonds. The third-order valence-electron chi connectivity index (χ3n) is 4.45. The Morgan fingerprint density at radius 1 is 1.00 bits per heavy atom. The first-order valence-electron chi connectivity index (χ1n) is 9.16. The molecule has 1 aromatic heterocycles. The lowest BCUT2D eigenvalue weighted by molar-refractivity contribution is 0.171. The van der Waals surface area contributed by atoms with Crippen molar-refractivity contribution in [1.29, 1.82) is 0 Å². The van der Waals surface area contributed by atoms with Crippen LogP contribution >= 0.6 is 11.6 Å². The maximum atomic E-state index is 12.6. The molecule has 0 saturated heterocycles. The third-order valence-corrected chi connectivity index (χ3v) is 6.16. The molecular formula is C20H18ClN3O5S. The molecule has 0 saturated carbocycles. The number of rotatable bonds is 6. The zero-order valence-electron chi connectivity index (χ0n) is 15.7. The van der Waals surface area contributed by atoms with Crippen molar-refractivity contribution < 1.29 is 17.9 Å². The van der Waals surface area contributed by atoms with E-state index in [9.17, 15) is 13.2 Å². The second-order valence-corrected chi connectivity index (χ2v) is 8.69. The number of halogens is 1. The Balaban J connectivity index is 1.46. The summed E-state index contributed by atoms with van der Waals surface area (Å²) in [6.45, 7) is 0.856. The maximum Gasteiger partial charge on any atom is 0.266 e. The summed E-state index contributed by atoms with van der Waals surface area (Å²) in [7, 11) is -3.79. The molecule has 0 bridgehead atoms. The highest BCUT2D eigenvalue weighted by molar-refractivity contribution is 7.89. The molecule has 2 aromatic carbocycles. The molecule has 0 atom stereocenters. The van der Waals surface area contributed by atoms with E-state index in [4.69, 9.17) is 21.1 Å². The molecule has 1 aliphatic heterocycles. The molecule has 0 aliphatic carbocycles. The maximum absolute atomic E-state index is 12.6. The van der Waals surface area contributed by atoms with Crippen LogP contribution in [0.25, 0.3) is 11.3 Å². The minimum Gasteiger partial charge on any atom is -0.486 e. The fraction of sp³-hybridized carbons (Fsp3) is 0.200. The summed E-state index contributed by atoms with van der Waals surface area (Å²) in [5.74, 6) is 0.896. The molecule has 2 heterocycles. The van der Waals surface area contributed by atoms with Crippen molar-refractivity contribution in [3.63, 3.8) is 0 Å². The molecule has 3 aromatic rings. The van der Waals surface area contributed by atoms with Crippen molar-refractivity contribution in [3.8, 4) is 22.8 Å². The van der Waals surface area contributed by atoms with Gasteiger partial charge in [0.2, 0.25) is 10.0 Å². The van der Waals surface area contributed by atoms with E-state index in [1.807, 2.05) is 0 Å². The van der Waals surface area contributed by atoms with Crippen molar-refractivity contribution in [2.45, 2.75) is 11.4 Å². The summed E-state index contributed by atoms with van der Waals surface area (Å²) in [5, 5.41) is 4.91. The number of sulfonamides is 1. The molecule has 0 spiro atoms. The van der Waals surface area contributed by atoms with Gasteiger partial charge in [0, 0.05) is 29.3 Å². The van der Waals surface area contributed by atoms with Crippen molar-refractivity contribution in [2.75, 3.05) is 19.8 Å². The van der Waals surface area contributed by atoms with Crippen LogP contribution < -0.4 is 19.8 Å². The summed E-state index contributed by atoms with van der Waals surface area (Å²) in [6.07, 6.45) is 0. The minimum absolute atomic E-state index is 0.00620.